The number of benzene rings is 1. The Morgan fingerprint density at radius 1 is 1.38 bits per heavy atom. The highest BCUT2D eigenvalue weighted by molar-refractivity contribution is 5.95. The fraction of sp³-hybridized carbons (Fsp3) is 0.182. The maximum atomic E-state index is 13.6. The smallest absolute Gasteiger partial charge is 0.284 e. The van der Waals surface area contributed by atoms with E-state index in [0.29, 0.717) is 11.3 Å². The van der Waals surface area contributed by atoms with Crippen LogP contribution >= 0.6 is 0 Å². The van der Waals surface area contributed by atoms with Crippen molar-refractivity contribution in [2.75, 3.05) is 19.0 Å². The van der Waals surface area contributed by atoms with Gasteiger partial charge in [0, 0.05) is 31.9 Å². The Hall–Kier alpha value is -2.04. The Morgan fingerprint density at radius 2 is 2.06 bits per heavy atom. The van der Waals surface area contributed by atoms with Crippen LogP contribution in [0.5, 0.6) is 0 Å². The Bertz CT molecular complexity index is 560. The van der Waals surface area contributed by atoms with Gasteiger partial charge in [-0.15, -0.1) is 0 Å². The fourth-order valence-corrected chi connectivity index (χ4v) is 1.46. The summed E-state index contributed by atoms with van der Waals surface area (Å²) in [4.78, 5) is 12.6. The van der Waals surface area contributed by atoms with Crippen LogP contribution in [0.25, 0.3) is 11.0 Å². The molecule has 2 rings (SSSR count). The van der Waals surface area contributed by atoms with Crippen LogP contribution in [0.2, 0.25) is 0 Å². The van der Waals surface area contributed by atoms with Crippen LogP contribution in [0.1, 0.15) is 10.6 Å². The number of hydrogen-bond acceptors (Lipinski definition) is 3. The minimum absolute atomic E-state index is 0.0372. The molecule has 0 atom stereocenters. The van der Waals surface area contributed by atoms with Crippen molar-refractivity contribution >= 4 is 22.6 Å². The van der Waals surface area contributed by atoms with Crippen LogP contribution in [-0.2, 0) is 0 Å². The molecule has 0 unspecified atom stereocenters. The number of primary amides is 1. The fourth-order valence-electron chi connectivity index (χ4n) is 1.46. The molecule has 5 heteroatoms. The highest BCUT2D eigenvalue weighted by atomic mass is 19.1. The van der Waals surface area contributed by atoms with Gasteiger partial charge in [-0.05, 0) is 6.07 Å². The van der Waals surface area contributed by atoms with Gasteiger partial charge in [0.25, 0.3) is 5.91 Å². The number of carbonyl (C=O) groups is 1. The Balaban J connectivity index is 2.68. The molecule has 0 saturated heterocycles. The Morgan fingerprint density at radius 3 is 2.62 bits per heavy atom. The van der Waals surface area contributed by atoms with Gasteiger partial charge in [-0.25, -0.2) is 4.39 Å². The van der Waals surface area contributed by atoms with E-state index in [4.69, 9.17) is 10.2 Å². The van der Waals surface area contributed by atoms with Crippen molar-refractivity contribution in [3.05, 3.63) is 29.8 Å². The average molecular weight is 222 g/mol. The molecular weight excluding hydrogens is 211 g/mol. The lowest BCUT2D eigenvalue weighted by molar-refractivity contribution is 0.0976. The van der Waals surface area contributed by atoms with Gasteiger partial charge < -0.3 is 15.1 Å². The molecule has 0 saturated carbocycles. The highest BCUT2D eigenvalue weighted by Gasteiger charge is 2.13. The standard InChI is InChI=1S/C11H11FN2O2/c1-14(2)6-3-8(12)7-5-10(11(13)15)16-9(7)4-6/h3-5H,1-2H3,(H2,13,15). The lowest BCUT2D eigenvalue weighted by atomic mass is 10.2. The zero-order chi connectivity index (χ0) is 11.9. The predicted molar refractivity (Wildman–Crippen MR) is 59.0 cm³/mol. The second kappa shape index (κ2) is 3.52. The topological polar surface area (TPSA) is 59.5 Å². The molecule has 0 aliphatic rings. The van der Waals surface area contributed by atoms with Crippen molar-refractivity contribution in [2.45, 2.75) is 0 Å². The van der Waals surface area contributed by atoms with Crippen molar-refractivity contribution in [1.29, 1.82) is 0 Å². The number of nitrogens with zero attached hydrogens (tertiary/aromatic N) is 1. The summed E-state index contributed by atoms with van der Waals surface area (Å²) in [5.74, 6) is -1.18. The van der Waals surface area contributed by atoms with Gasteiger partial charge in [0.05, 0.1) is 5.39 Å². The van der Waals surface area contributed by atoms with E-state index in [9.17, 15) is 9.18 Å². The number of carbonyl (C=O) groups excluding carboxylic acids is 1. The first-order valence-electron chi connectivity index (χ1n) is 4.69. The summed E-state index contributed by atoms with van der Waals surface area (Å²) in [5.41, 5.74) is 6.04. The van der Waals surface area contributed by atoms with Crippen molar-refractivity contribution in [3.63, 3.8) is 0 Å². The molecule has 2 aromatic rings. The van der Waals surface area contributed by atoms with Gasteiger partial charge in [-0.2, -0.15) is 0 Å². The summed E-state index contributed by atoms with van der Waals surface area (Å²) < 4.78 is 18.8. The zero-order valence-corrected chi connectivity index (χ0v) is 8.95. The molecule has 1 aromatic carbocycles. The molecule has 0 aliphatic heterocycles. The van der Waals surface area contributed by atoms with Crippen LogP contribution in [-0.4, -0.2) is 20.0 Å². The number of anilines is 1. The number of amides is 1. The van der Waals surface area contributed by atoms with E-state index in [-0.39, 0.29) is 11.1 Å². The highest BCUT2D eigenvalue weighted by Crippen LogP contribution is 2.27. The second-order valence-corrected chi connectivity index (χ2v) is 3.71. The zero-order valence-electron chi connectivity index (χ0n) is 8.95. The molecule has 0 bridgehead atoms. The molecule has 0 fully saturated rings. The monoisotopic (exact) mass is 222 g/mol. The normalized spacial score (nSPS) is 10.7. The molecule has 2 N–H and O–H groups in total. The average Bonchev–Trinajstić information content (AvgIpc) is 2.61. The van der Waals surface area contributed by atoms with Crippen LogP contribution in [0.3, 0.4) is 0 Å². The number of hydrogen-bond donors (Lipinski definition) is 1. The minimum Gasteiger partial charge on any atom is -0.451 e. The van der Waals surface area contributed by atoms with E-state index in [0.717, 1.165) is 0 Å². The molecule has 16 heavy (non-hydrogen) atoms. The first-order chi connectivity index (χ1) is 7.49. The van der Waals surface area contributed by atoms with Gasteiger partial charge in [0.1, 0.15) is 11.4 Å². The van der Waals surface area contributed by atoms with Crippen LogP contribution in [0, 0.1) is 5.82 Å². The number of furan rings is 1. The minimum atomic E-state index is -0.706. The third-order valence-corrected chi connectivity index (χ3v) is 2.33. The summed E-state index contributed by atoms with van der Waals surface area (Å²) in [7, 11) is 3.58. The first kappa shape index (κ1) is 10.5. The Labute approximate surface area is 91.4 Å². The molecule has 84 valence electrons. The SMILES string of the molecule is CN(C)c1cc(F)c2cc(C(N)=O)oc2c1. The number of nitrogens with two attached hydrogens (primary N) is 1. The summed E-state index contributed by atoms with van der Waals surface area (Å²) in [6.07, 6.45) is 0. The summed E-state index contributed by atoms with van der Waals surface area (Å²) in [6.45, 7) is 0. The van der Waals surface area contributed by atoms with E-state index in [1.54, 1.807) is 25.1 Å². The largest absolute Gasteiger partial charge is 0.451 e. The van der Waals surface area contributed by atoms with Crippen LogP contribution < -0.4 is 10.6 Å². The third kappa shape index (κ3) is 1.60. The van der Waals surface area contributed by atoms with E-state index in [1.165, 1.54) is 12.1 Å². The molecule has 0 spiro atoms. The maximum absolute atomic E-state index is 13.6. The van der Waals surface area contributed by atoms with Gasteiger partial charge in [-0.3, -0.25) is 4.79 Å². The first-order valence-corrected chi connectivity index (χ1v) is 4.69. The van der Waals surface area contributed by atoms with Crippen molar-refractivity contribution in [1.82, 2.24) is 0 Å². The van der Waals surface area contributed by atoms with Gasteiger partial charge >= 0.3 is 0 Å². The van der Waals surface area contributed by atoms with E-state index in [1.807, 2.05) is 0 Å². The molecule has 1 amide bonds. The molecule has 1 heterocycles. The van der Waals surface area contributed by atoms with Gasteiger partial charge in [-0.1, -0.05) is 0 Å². The summed E-state index contributed by atoms with van der Waals surface area (Å²) in [6, 6.07) is 4.35. The number of halogens is 1. The second-order valence-electron chi connectivity index (χ2n) is 3.71. The van der Waals surface area contributed by atoms with Crippen LogP contribution in [0.15, 0.2) is 22.6 Å². The van der Waals surface area contributed by atoms with E-state index >= 15 is 0 Å². The van der Waals surface area contributed by atoms with Crippen molar-refractivity contribution in [3.8, 4) is 0 Å². The number of fused-ring (bicyclic) bond motifs is 1. The molecule has 0 radical (unpaired) electrons. The lowest BCUT2D eigenvalue weighted by Crippen LogP contribution is -2.09. The summed E-state index contributed by atoms with van der Waals surface area (Å²) >= 11 is 0. The van der Waals surface area contributed by atoms with Gasteiger partial charge in [0.15, 0.2) is 5.76 Å². The Kier molecular flexibility index (Phi) is 2.30. The van der Waals surface area contributed by atoms with Crippen LogP contribution in [0.4, 0.5) is 10.1 Å². The maximum Gasteiger partial charge on any atom is 0.284 e. The molecule has 4 nitrogen and oxygen atoms in total. The van der Waals surface area contributed by atoms with E-state index in [2.05, 4.69) is 0 Å². The lowest BCUT2D eigenvalue weighted by Gasteiger charge is -2.11. The summed E-state index contributed by atoms with van der Waals surface area (Å²) in [5, 5.41) is 0.263. The van der Waals surface area contributed by atoms with Crippen molar-refractivity contribution in [2.24, 2.45) is 5.73 Å². The molecule has 1 aromatic heterocycles. The number of rotatable bonds is 2. The molecule has 0 aliphatic carbocycles. The molecular formula is C11H11FN2O2. The van der Waals surface area contributed by atoms with Crippen molar-refractivity contribution < 1.29 is 13.6 Å². The van der Waals surface area contributed by atoms with E-state index < -0.39 is 11.7 Å². The predicted octanol–water partition coefficient (Wildman–Crippen LogP) is 1.74. The third-order valence-electron chi connectivity index (χ3n) is 2.33. The quantitative estimate of drug-likeness (QED) is 0.841. The van der Waals surface area contributed by atoms with Gasteiger partial charge in [0.2, 0.25) is 0 Å².